The SMILES string of the molecule is Cc1ccc([C@@H]2c3cccc(O)c3C(O)=C3C(=O)[C@]4(O)C(O)=C(C(N)=O)C(=O)[C@@H](N(C)C)[C@@H]4[C@@H](O)[C@@H]32)cc1. The van der Waals surface area contributed by atoms with Crippen molar-refractivity contribution in [3.63, 3.8) is 0 Å². The summed E-state index contributed by atoms with van der Waals surface area (Å²) in [4.78, 5) is 41.0. The van der Waals surface area contributed by atoms with E-state index in [-0.39, 0.29) is 11.3 Å². The molecule has 0 bridgehead atoms. The quantitative estimate of drug-likeness (QED) is 0.319. The second-order valence-corrected chi connectivity index (χ2v) is 10.4. The minimum Gasteiger partial charge on any atom is -0.508 e. The molecule has 1 fully saturated rings. The highest BCUT2D eigenvalue weighted by molar-refractivity contribution is 6.24. The molecule has 0 unspecified atom stereocenters. The summed E-state index contributed by atoms with van der Waals surface area (Å²) in [6.07, 6.45) is -1.68. The molecule has 3 aliphatic rings. The molecule has 1 saturated carbocycles. The Hall–Kier alpha value is -3.99. The Labute approximate surface area is 217 Å². The second-order valence-electron chi connectivity index (χ2n) is 10.4. The number of nitrogens with two attached hydrogens (primary N) is 1. The Morgan fingerprint density at radius 1 is 1.03 bits per heavy atom. The lowest BCUT2D eigenvalue weighted by atomic mass is 9.53. The molecule has 0 aromatic heterocycles. The van der Waals surface area contributed by atoms with E-state index in [4.69, 9.17) is 5.73 Å². The summed E-state index contributed by atoms with van der Waals surface area (Å²) in [7, 11) is 2.94. The standard InChI is InChI=1S/C28H28N2O8/c1-11-7-9-12(10-8-11)15-13-5-4-6-14(31)16(13)22(32)18-17(15)23(33)20-21(30(2)3)24(34)19(27(29)37)26(36)28(20,38)25(18)35/h4-10,15,17,20-21,23,31-33,36,38H,1-3H3,(H2,29,37)/t15-,17-,20-,21+,23+,28+/m1/s1. The maximum absolute atomic E-state index is 14.1. The monoisotopic (exact) mass is 520 g/mol. The third-order valence-electron chi connectivity index (χ3n) is 8.10. The molecule has 10 heteroatoms. The highest BCUT2D eigenvalue weighted by atomic mass is 16.4. The number of hydrogen-bond donors (Lipinski definition) is 6. The predicted molar refractivity (Wildman–Crippen MR) is 135 cm³/mol. The maximum atomic E-state index is 14.1. The van der Waals surface area contributed by atoms with Crippen molar-refractivity contribution in [3.05, 3.63) is 81.6 Å². The van der Waals surface area contributed by atoms with Crippen LogP contribution in [0, 0.1) is 18.8 Å². The molecule has 1 amide bonds. The van der Waals surface area contributed by atoms with Crippen molar-refractivity contribution in [2.24, 2.45) is 17.6 Å². The number of aromatic hydroxyl groups is 1. The number of primary amides is 1. The van der Waals surface area contributed by atoms with Crippen LogP contribution in [-0.4, -0.2) is 79.7 Å². The molecule has 6 atom stereocenters. The van der Waals surface area contributed by atoms with E-state index in [1.54, 1.807) is 24.3 Å². The Bertz CT molecular complexity index is 1460. The van der Waals surface area contributed by atoms with Gasteiger partial charge in [0, 0.05) is 17.4 Å². The summed E-state index contributed by atoms with van der Waals surface area (Å²) in [5.41, 5.74) is 2.99. The predicted octanol–water partition coefficient (Wildman–Crippen LogP) is 0.833. The fourth-order valence-corrected chi connectivity index (χ4v) is 6.43. The van der Waals surface area contributed by atoms with Gasteiger partial charge in [-0.1, -0.05) is 42.0 Å². The van der Waals surface area contributed by atoms with Crippen molar-refractivity contribution >= 4 is 23.2 Å². The molecule has 198 valence electrons. The van der Waals surface area contributed by atoms with Crippen molar-refractivity contribution < 1.29 is 39.9 Å². The van der Waals surface area contributed by atoms with Crippen LogP contribution in [0.25, 0.3) is 5.76 Å². The normalized spacial score (nSPS) is 30.7. The number of Topliss-reactive ketones (excluding diaryl/α,β-unsaturated/α-hetero) is 2. The Balaban J connectivity index is 1.86. The van der Waals surface area contributed by atoms with Gasteiger partial charge in [-0.2, -0.15) is 0 Å². The number of phenolic OH excluding ortho intramolecular Hbond substituents is 1. The Morgan fingerprint density at radius 2 is 1.66 bits per heavy atom. The molecule has 0 aliphatic heterocycles. The lowest BCUT2D eigenvalue weighted by Gasteiger charge is -2.54. The van der Waals surface area contributed by atoms with E-state index in [0.29, 0.717) is 11.1 Å². The third-order valence-corrected chi connectivity index (χ3v) is 8.10. The van der Waals surface area contributed by atoms with Gasteiger partial charge in [0.2, 0.25) is 5.78 Å². The number of carbonyl (C=O) groups is 3. The molecule has 3 aliphatic carbocycles. The van der Waals surface area contributed by atoms with Crippen LogP contribution in [0.5, 0.6) is 5.75 Å². The average Bonchev–Trinajstić information content (AvgIpc) is 2.84. The smallest absolute Gasteiger partial charge is 0.255 e. The summed E-state index contributed by atoms with van der Waals surface area (Å²) in [5.74, 6) is -9.34. The lowest BCUT2D eigenvalue weighted by molar-refractivity contribution is -0.169. The first-order chi connectivity index (χ1) is 17.8. The molecule has 7 N–H and O–H groups in total. The van der Waals surface area contributed by atoms with Gasteiger partial charge >= 0.3 is 0 Å². The van der Waals surface area contributed by atoms with Gasteiger partial charge in [0.15, 0.2) is 11.4 Å². The second kappa shape index (κ2) is 8.52. The molecular formula is C28H28N2O8. The van der Waals surface area contributed by atoms with Crippen LogP contribution in [0.4, 0.5) is 0 Å². The van der Waals surface area contributed by atoms with Gasteiger partial charge in [0.05, 0.1) is 23.6 Å². The molecule has 0 saturated heterocycles. The number of amides is 1. The first-order valence-electron chi connectivity index (χ1n) is 12.0. The molecule has 0 spiro atoms. The van der Waals surface area contributed by atoms with Crippen LogP contribution in [-0.2, 0) is 14.4 Å². The molecule has 2 aromatic rings. The fraction of sp³-hybridized carbons (Fsp3) is 0.321. The van der Waals surface area contributed by atoms with E-state index >= 15 is 0 Å². The summed E-state index contributed by atoms with van der Waals surface area (Å²) in [5, 5.41) is 56.7. The fourth-order valence-electron chi connectivity index (χ4n) is 6.43. The van der Waals surface area contributed by atoms with Crippen LogP contribution < -0.4 is 5.73 Å². The number of hydrogen-bond acceptors (Lipinski definition) is 9. The number of aryl methyl sites for hydroxylation is 1. The van der Waals surface area contributed by atoms with Crippen LogP contribution >= 0.6 is 0 Å². The zero-order valence-corrected chi connectivity index (χ0v) is 20.9. The van der Waals surface area contributed by atoms with Crippen LogP contribution in [0.1, 0.15) is 28.2 Å². The third kappa shape index (κ3) is 3.20. The first-order valence-corrected chi connectivity index (χ1v) is 12.0. The number of nitrogens with zero attached hydrogens (tertiary/aromatic N) is 1. The molecule has 2 aromatic carbocycles. The molecule has 0 heterocycles. The molecule has 38 heavy (non-hydrogen) atoms. The van der Waals surface area contributed by atoms with E-state index in [1.165, 1.54) is 25.1 Å². The zero-order valence-electron chi connectivity index (χ0n) is 20.9. The van der Waals surface area contributed by atoms with Gasteiger partial charge in [-0.15, -0.1) is 0 Å². The van der Waals surface area contributed by atoms with Crippen molar-refractivity contribution in [1.82, 2.24) is 4.90 Å². The number of phenols is 1. The van der Waals surface area contributed by atoms with Gasteiger partial charge < -0.3 is 31.3 Å². The van der Waals surface area contributed by atoms with Crippen LogP contribution in [0.3, 0.4) is 0 Å². The minimum atomic E-state index is -2.95. The Morgan fingerprint density at radius 3 is 2.24 bits per heavy atom. The maximum Gasteiger partial charge on any atom is 0.255 e. The summed E-state index contributed by atoms with van der Waals surface area (Å²) < 4.78 is 0. The molecule has 0 radical (unpaired) electrons. The molecule has 10 nitrogen and oxygen atoms in total. The van der Waals surface area contributed by atoms with E-state index in [1.807, 2.05) is 19.1 Å². The van der Waals surface area contributed by atoms with Gasteiger partial charge in [-0.05, 0) is 38.2 Å². The van der Waals surface area contributed by atoms with Crippen LogP contribution in [0.2, 0.25) is 0 Å². The lowest BCUT2D eigenvalue weighted by Crippen LogP contribution is -2.70. The summed E-state index contributed by atoms with van der Waals surface area (Å²) in [6, 6.07) is 10.4. The minimum absolute atomic E-state index is 0.0541. The molecule has 5 rings (SSSR count). The van der Waals surface area contributed by atoms with Crippen molar-refractivity contribution in [1.29, 1.82) is 0 Å². The first kappa shape index (κ1) is 25.7. The Kier molecular flexibility index (Phi) is 5.75. The number of aliphatic hydroxyl groups is 4. The van der Waals surface area contributed by atoms with Crippen molar-refractivity contribution in [2.75, 3.05) is 14.1 Å². The molecular weight excluding hydrogens is 492 g/mol. The van der Waals surface area contributed by atoms with Gasteiger partial charge in [-0.25, -0.2) is 0 Å². The summed E-state index contributed by atoms with van der Waals surface area (Å²) in [6.45, 7) is 1.89. The zero-order chi connectivity index (χ0) is 27.8. The number of likely N-dealkylation sites (N-methyl/N-ethyl adjacent to an activating group) is 1. The average molecular weight is 521 g/mol. The number of fused-ring (bicyclic) bond motifs is 3. The number of benzene rings is 2. The number of rotatable bonds is 3. The van der Waals surface area contributed by atoms with Gasteiger partial charge in [0.25, 0.3) is 5.91 Å². The van der Waals surface area contributed by atoms with Crippen molar-refractivity contribution in [2.45, 2.75) is 30.6 Å². The van der Waals surface area contributed by atoms with E-state index in [2.05, 4.69) is 0 Å². The van der Waals surface area contributed by atoms with Gasteiger partial charge in [-0.3, -0.25) is 19.3 Å². The largest absolute Gasteiger partial charge is 0.508 e. The van der Waals surface area contributed by atoms with Crippen molar-refractivity contribution in [3.8, 4) is 5.75 Å². The number of ketones is 2. The number of aliphatic hydroxyl groups excluding tert-OH is 3. The van der Waals surface area contributed by atoms with Gasteiger partial charge in [0.1, 0.15) is 22.8 Å². The van der Waals surface area contributed by atoms with E-state index in [9.17, 15) is 39.9 Å². The summed E-state index contributed by atoms with van der Waals surface area (Å²) >= 11 is 0. The highest BCUT2D eigenvalue weighted by Gasteiger charge is 2.68. The highest BCUT2D eigenvalue weighted by Crippen LogP contribution is 2.57. The van der Waals surface area contributed by atoms with E-state index in [0.717, 1.165) is 5.56 Å². The number of carbonyl (C=O) groups excluding carboxylic acids is 3. The van der Waals surface area contributed by atoms with Crippen LogP contribution in [0.15, 0.2) is 59.4 Å². The van der Waals surface area contributed by atoms with E-state index < -0.39 is 75.6 Å². The topological polar surface area (TPSA) is 182 Å².